The maximum absolute atomic E-state index is 12.9. The van der Waals surface area contributed by atoms with Gasteiger partial charge in [-0.2, -0.15) is 0 Å². The van der Waals surface area contributed by atoms with E-state index in [0.717, 1.165) is 42.3 Å². The Morgan fingerprint density at radius 3 is 2.60 bits per heavy atom. The number of aryl methyl sites for hydroxylation is 2. The molecule has 0 aliphatic heterocycles. The first-order chi connectivity index (χ1) is 12.0. The standard InChI is InChI=1S/C19H27N3O2S/c1-5-12(3)22(13(4)6-2)16(23)10-21-11-20-18-17(19(21)24)14-8-7-9-15(14)25-18/h11-13H,5-10H2,1-4H3/t12-,13-/m1/s1. The fraction of sp³-hybridized carbons (Fsp3) is 0.632. The fourth-order valence-electron chi connectivity index (χ4n) is 3.68. The first-order valence-corrected chi connectivity index (χ1v) is 10.1. The third-order valence-corrected chi connectivity index (χ3v) is 6.62. The number of fused-ring (bicyclic) bond motifs is 3. The minimum absolute atomic E-state index is 0.00109. The van der Waals surface area contributed by atoms with Crippen molar-refractivity contribution in [3.63, 3.8) is 0 Å². The normalized spacial score (nSPS) is 16.0. The van der Waals surface area contributed by atoms with Crippen LogP contribution in [0.1, 0.15) is 57.4 Å². The molecule has 1 aliphatic carbocycles. The van der Waals surface area contributed by atoms with Gasteiger partial charge in [-0.3, -0.25) is 14.2 Å². The number of hydrogen-bond donors (Lipinski definition) is 0. The summed E-state index contributed by atoms with van der Waals surface area (Å²) in [6.07, 6.45) is 6.46. The minimum Gasteiger partial charge on any atom is -0.336 e. The summed E-state index contributed by atoms with van der Waals surface area (Å²) in [5.41, 5.74) is 1.10. The highest BCUT2D eigenvalue weighted by atomic mass is 32.1. The molecule has 1 amide bonds. The monoisotopic (exact) mass is 361 g/mol. The zero-order chi connectivity index (χ0) is 18.1. The smallest absolute Gasteiger partial charge is 0.262 e. The zero-order valence-corrected chi connectivity index (χ0v) is 16.4. The van der Waals surface area contributed by atoms with E-state index in [4.69, 9.17) is 0 Å². The van der Waals surface area contributed by atoms with Gasteiger partial charge in [0, 0.05) is 17.0 Å². The summed E-state index contributed by atoms with van der Waals surface area (Å²) < 4.78 is 1.49. The Morgan fingerprint density at radius 1 is 1.28 bits per heavy atom. The van der Waals surface area contributed by atoms with Gasteiger partial charge >= 0.3 is 0 Å². The van der Waals surface area contributed by atoms with Crippen LogP contribution in [0.25, 0.3) is 10.2 Å². The number of carbonyl (C=O) groups is 1. The van der Waals surface area contributed by atoms with Crippen molar-refractivity contribution in [1.29, 1.82) is 0 Å². The Kier molecular flexibility index (Phi) is 5.27. The van der Waals surface area contributed by atoms with Gasteiger partial charge in [-0.25, -0.2) is 4.98 Å². The van der Waals surface area contributed by atoms with E-state index >= 15 is 0 Å². The zero-order valence-electron chi connectivity index (χ0n) is 15.5. The molecule has 0 spiro atoms. The second-order valence-electron chi connectivity index (χ2n) is 7.03. The van der Waals surface area contributed by atoms with Crippen LogP contribution in [0.2, 0.25) is 0 Å². The van der Waals surface area contributed by atoms with Crippen molar-refractivity contribution >= 4 is 27.5 Å². The van der Waals surface area contributed by atoms with Crippen molar-refractivity contribution in [3.8, 4) is 0 Å². The van der Waals surface area contributed by atoms with Gasteiger partial charge in [-0.15, -0.1) is 11.3 Å². The van der Waals surface area contributed by atoms with Crippen LogP contribution in [0.5, 0.6) is 0 Å². The predicted molar refractivity (Wildman–Crippen MR) is 102 cm³/mol. The van der Waals surface area contributed by atoms with Gasteiger partial charge in [0.05, 0.1) is 11.7 Å². The van der Waals surface area contributed by atoms with E-state index in [0.29, 0.717) is 0 Å². The summed E-state index contributed by atoms with van der Waals surface area (Å²) in [5.74, 6) is -0.00109. The molecule has 2 atom stereocenters. The molecule has 6 heteroatoms. The average molecular weight is 362 g/mol. The second-order valence-corrected chi connectivity index (χ2v) is 8.11. The molecular formula is C19H27N3O2S. The highest BCUT2D eigenvalue weighted by molar-refractivity contribution is 7.18. The van der Waals surface area contributed by atoms with Gasteiger partial charge in [0.25, 0.3) is 5.56 Å². The van der Waals surface area contributed by atoms with Crippen molar-refractivity contribution in [2.45, 2.75) is 78.4 Å². The SMILES string of the molecule is CC[C@@H](C)N(C(=O)Cn1cnc2sc3c(c2c1=O)CCC3)[C@H](C)CC. The van der Waals surface area contributed by atoms with Crippen molar-refractivity contribution in [2.24, 2.45) is 0 Å². The number of aromatic nitrogens is 2. The minimum atomic E-state index is -0.0639. The molecule has 136 valence electrons. The van der Waals surface area contributed by atoms with Gasteiger partial charge in [0.1, 0.15) is 11.4 Å². The lowest BCUT2D eigenvalue weighted by Gasteiger charge is -2.34. The van der Waals surface area contributed by atoms with Crippen LogP contribution >= 0.6 is 11.3 Å². The molecule has 0 unspecified atom stereocenters. The van der Waals surface area contributed by atoms with E-state index in [-0.39, 0.29) is 30.1 Å². The van der Waals surface area contributed by atoms with E-state index < -0.39 is 0 Å². The molecule has 0 fully saturated rings. The molecule has 0 saturated heterocycles. The summed E-state index contributed by atoms with van der Waals surface area (Å²) >= 11 is 1.63. The van der Waals surface area contributed by atoms with E-state index in [1.54, 1.807) is 17.7 Å². The highest BCUT2D eigenvalue weighted by Gasteiger charge is 2.25. The second kappa shape index (κ2) is 7.28. The topological polar surface area (TPSA) is 55.2 Å². The summed E-state index contributed by atoms with van der Waals surface area (Å²) in [6.45, 7) is 8.38. The summed E-state index contributed by atoms with van der Waals surface area (Å²) in [7, 11) is 0. The summed E-state index contributed by atoms with van der Waals surface area (Å²) in [6, 6.07) is 0.334. The van der Waals surface area contributed by atoms with Gasteiger partial charge in [-0.05, 0) is 51.5 Å². The molecule has 0 bridgehead atoms. The van der Waals surface area contributed by atoms with E-state index in [2.05, 4.69) is 32.7 Å². The van der Waals surface area contributed by atoms with Crippen LogP contribution in [0.3, 0.4) is 0 Å². The van der Waals surface area contributed by atoms with Crippen LogP contribution in [0.15, 0.2) is 11.1 Å². The lowest BCUT2D eigenvalue weighted by atomic mass is 10.1. The van der Waals surface area contributed by atoms with Gasteiger partial charge in [0.2, 0.25) is 5.91 Å². The molecule has 0 aromatic carbocycles. The van der Waals surface area contributed by atoms with Gasteiger partial charge in [-0.1, -0.05) is 13.8 Å². The molecule has 5 nitrogen and oxygen atoms in total. The molecule has 2 heterocycles. The predicted octanol–water partition coefficient (Wildman–Crippen LogP) is 3.37. The summed E-state index contributed by atoms with van der Waals surface area (Å²) in [5, 5.41) is 0.742. The largest absolute Gasteiger partial charge is 0.336 e. The molecule has 2 aromatic heterocycles. The molecular weight excluding hydrogens is 334 g/mol. The number of thiophene rings is 1. The third-order valence-electron chi connectivity index (χ3n) is 5.42. The molecule has 0 N–H and O–H groups in total. The molecule has 3 rings (SSSR count). The Bertz CT molecular complexity index is 829. The molecule has 2 aromatic rings. The molecule has 1 aliphatic rings. The van der Waals surface area contributed by atoms with Crippen molar-refractivity contribution in [2.75, 3.05) is 0 Å². The van der Waals surface area contributed by atoms with Gasteiger partial charge in [0.15, 0.2) is 0 Å². The molecule has 0 radical (unpaired) electrons. The summed E-state index contributed by atoms with van der Waals surface area (Å²) in [4.78, 5) is 34.4. The van der Waals surface area contributed by atoms with E-state index in [1.165, 1.54) is 15.0 Å². The van der Waals surface area contributed by atoms with Crippen LogP contribution in [-0.4, -0.2) is 32.4 Å². The number of rotatable bonds is 6. The maximum atomic E-state index is 12.9. The quantitative estimate of drug-likeness (QED) is 0.793. The number of carbonyl (C=O) groups excluding carboxylic acids is 1. The maximum Gasteiger partial charge on any atom is 0.262 e. The fourth-order valence-corrected chi connectivity index (χ4v) is 4.90. The average Bonchev–Trinajstić information content (AvgIpc) is 3.17. The van der Waals surface area contributed by atoms with Crippen molar-refractivity contribution < 1.29 is 4.79 Å². The number of amides is 1. The Labute approximate surface area is 152 Å². The first-order valence-electron chi connectivity index (χ1n) is 9.28. The highest BCUT2D eigenvalue weighted by Crippen LogP contribution is 2.34. The lowest BCUT2D eigenvalue weighted by molar-refractivity contribution is -0.136. The lowest BCUT2D eigenvalue weighted by Crippen LogP contribution is -2.46. The van der Waals surface area contributed by atoms with Crippen molar-refractivity contribution in [1.82, 2.24) is 14.5 Å². The van der Waals surface area contributed by atoms with Crippen LogP contribution in [-0.2, 0) is 24.2 Å². The first kappa shape index (κ1) is 18.1. The van der Waals surface area contributed by atoms with Gasteiger partial charge < -0.3 is 4.90 Å². The molecule has 25 heavy (non-hydrogen) atoms. The Balaban J connectivity index is 1.93. The van der Waals surface area contributed by atoms with E-state index in [9.17, 15) is 9.59 Å². The van der Waals surface area contributed by atoms with Crippen LogP contribution in [0.4, 0.5) is 0 Å². The number of nitrogens with zero attached hydrogens (tertiary/aromatic N) is 3. The Morgan fingerprint density at radius 2 is 1.96 bits per heavy atom. The van der Waals surface area contributed by atoms with Crippen LogP contribution < -0.4 is 5.56 Å². The van der Waals surface area contributed by atoms with Crippen LogP contribution in [0, 0.1) is 0 Å². The number of hydrogen-bond acceptors (Lipinski definition) is 4. The Hall–Kier alpha value is -1.69. The third kappa shape index (κ3) is 3.24. The van der Waals surface area contributed by atoms with Crippen molar-refractivity contribution in [3.05, 3.63) is 27.1 Å². The molecule has 0 saturated carbocycles. The van der Waals surface area contributed by atoms with E-state index in [1.807, 2.05) is 4.90 Å².